The third kappa shape index (κ3) is 2.77. The minimum atomic E-state index is -0.701. The van der Waals surface area contributed by atoms with Crippen LogP contribution in [0, 0.1) is 0 Å². The molecule has 2 aliphatic heterocycles. The van der Waals surface area contributed by atoms with Crippen molar-refractivity contribution in [2.45, 2.75) is 56.5 Å². The molecule has 26 heavy (non-hydrogen) atoms. The van der Waals surface area contributed by atoms with E-state index in [0.717, 1.165) is 31.0 Å². The molecule has 0 amide bonds. The van der Waals surface area contributed by atoms with E-state index >= 15 is 0 Å². The molecule has 1 aliphatic carbocycles. The Morgan fingerprint density at radius 3 is 3.12 bits per heavy atom. The van der Waals surface area contributed by atoms with Crippen LogP contribution in [0.25, 0.3) is 0 Å². The van der Waals surface area contributed by atoms with E-state index in [2.05, 4.69) is 17.5 Å². The first-order valence-electron chi connectivity index (χ1n) is 9.18. The number of benzene rings is 1. The molecule has 0 aromatic heterocycles. The zero-order valence-electron chi connectivity index (χ0n) is 15.2. The minimum absolute atomic E-state index is 0.00310. The first-order valence-corrected chi connectivity index (χ1v) is 9.18. The van der Waals surface area contributed by atoms with E-state index in [9.17, 15) is 9.90 Å². The second-order valence-electron chi connectivity index (χ2n) is 7.38. The zero-order valence-corrected chi connectivity index (χ0v) is 15.2. The fourth-order valence-electron chi connectivity index (χ4n) is 4.40. The minimum Gasteiger partial charge on any atom is -0.493 e. The van der Waals surface area contributed by atoms with Crippen LogP contribution >= 0.6 is 0 Å². The van der Waals surface area contributed by atoms with Crippen LogP contribution in [-0.4, -0.2) is 43.0 Å². The summed E-state index contributed by atoms with van der Waals surface area (Å²) in [6.45, 7) is 3.29. The maximum Gasteiger partial charge on any atom is 0.308 e. The Morgan fingerprint density at radius 1 is 1.50 bits per heavy atom. The average Bonchev–Trinajstić information content (AvgIpc) is 2.81. The van der Waals surface area contributed by atoms with E-state index in [0.29, 0.717) is 6.42 Å². The summed E-state index contributed by atoms with van der Waals surface area (Å²) in [5, 5.41) is 12.8. The fraction of sp³-hybridized carbons (Fsp3) is 0.550. The molecule has 4 atom stereocenters. The summed E-state index contributed by atoms with van der Waals surface area (Å²) in [5.41, 5.74) is 2.22. The van der Waals surface area contributed by atoms with Gasteiger partial charge in [-0.15, -0.1) is 0 Å². The molecule has 0 bridgehead atoms. The number of rotatable bonds is 4. The summed E-state index contributed by atoms with van der Waals surface area (Å²) >= 11 is 0. The van der Waals surface area contributed by atoms with Crippen LogP contribution in [-0.2, 0) is 21.5 Å². The molecule has 2 N–H and O–H groups in total. The SMILES string of the molecule is COc1ccc2c3c1O[C@H]1C[C@@H](OC(=O)C[C@H](C)O)C=C[C@@]31CCNC2. The molecule has 140 valence electrons. The molecule has 0 fully saturated rings. The van der Waals surface area contributed by atoms with Crippen molar-refractivity contribution < 1.29 is 24.1 Å². The molecular formula is C20H25NO5. The lowest BCUT2D eigenvalue weighted by atomic mass is 9.69. The van der Waals surface area contributed by atoms with Crippen LogP contribution in [0.1, 0.15) is 37.3 Å². The zero-order chi connectivity index (χ0) is 18.3. The molecule has 2 heterocycles. The maximum absolute atomic E-state index is 11.9. The quantitative estimate of drug-likeness (QED) is 0.631. The standard InChI is InChI=1S/C20H25NO5/c1-12(22)9-17(23)25-14-5-6-20-7-8-21-11-13-3-4-15(24-2)19(18(13)20)26-16(20)10-14/h3-6,12,14,16,21-22H,7-11H2,1-2H3/t12-,14-,16-,20-/m0/s1. The van der Waals surface area contributed by atoms with Crippen molar-refractivity contribution in [3.63, 3.8) is 0 Å². The average molecular weight is 359 g/mol. The van der Waals surface area contributed by atoms with E-state index in [1.165, 1.54) is 11.1 Å². The van der Waals surface area contributed by atoms with E-state index in [1.807, 2.05) is 12.1 Å². The summed E-state index contributed by atoms with van der Waals surface area (Å²) in [6, 6.07) is 4.06. The Morgan fingerprint density at radius 2 is 2.35 bits per heavy atom. The van der Waals surface area contributed by atoms with Gasteiger partial charge in [0.25, 0.3) is 0 Å². The Bertz CT molecular complexity index is 744. The Balaban J connectivity index is 1.66. The van der Waals surface area contributed by atoms with Crippen molar-refractivity contribution in [2.75, 3.05) is 13.7 Å². The lowest BCUT2D eigenvalue weighted by Crippen LogP contribution is -2.43. The largest absolute Gasteiger partial charge is 0.493 e. The van der Waals surface area contributed by atoms with Crippen molar-refractivity contribution in [1.82, 2.24) is 5.32 Å². The van der Waals surface area contributed by atoms with Gasteiger partial charge in [0.15, 0.2) is 11.5 Å². The van der Waals surface area contributed by atoms with Crippen molar-refractivity contribution in [3.05, 3.63) is 35.4 Å². The van der Waals surface area contributed by atoms with Gasteiger partial charge in [-0.1, -0.05) is 12.1 Å². The molecule has 1 aromatic carbocycles. The highest BCUT2D eigenvalue weighted by Gasteiger charge is 2.52. The number of carbonyl (C=O) groups excluding carboxylic acids is 1. The topological polar surface area (TPSA) is 77.0 Å². The number of methoxy groups -OCH3 is 1. The second-order valence-corrected chi connectivity index (χ2v) is 7.38. The number of hydrogen-bond donors (Lipinski definition) is 2. The van der Waals surface area contributed by atoms with Gasteiger partial charge < -0.3 is 24.6 Å². The molecule has 6 nitrogen and oxygen atoms in total. The van der Waals surface area contributed by atoms with Crippen LogP contribution in [0.2, 0.25) is 0 Å². The first kappa shape index (κ1) is 17.4. The Kier molecular flexibility index (Phi) is 4.40. The molecule has 0 unspecified atom stereocenters. The van der Waals surface area contributed by atoms with E-state index < -0.39 is 6.10 Å². The highest BCUT2D eigenvalue weighted by atomic mass is 16.6. The molecule has 0 saturated heterocycles. The van der Waals surface area contributed by atoms with Crippen molar-refractivity contribution in [1.29, 1.82) is 0 Å². The molecule has 1 spiro atoms. The fourth-order valence-corrected chi connectivity index (χ4v) is 4.40. The summed E-state index contributed by atoms with van der Waals surface area (Å²) in [6.07, 6.45) is 4.52. The van der Waals surface area contributed by atoms with Gasteiger partial charge in [-0.3, -0.25) is 4.79 Å². The van der Waals surface area contributed by atoms with Gasteiger partial charge in [-0.25, -0.2) is 0 Å². The third-order valence-electron chi connectivity index (χ3n) is 5.56. The highest BCUT2D eigenvalue weighted by molar-refractivity contribution is 5.70. The van der Waals surface area contributed by atoms with E-state index in [1.54, 1.807) is 14.0 Å². The maximum atomic E-state index is 11.9. The van der Waals surface area contributed by atoms with E-state index in [-0.39, 0.29) is 30.0 Å². The predicted octanol–water partition coefficient (Wildman–Crippen LogP) is 1.83. The lowest BCUT2D eigenvalue weighted by Gasteiger charge is -2.36. The molecule has 1 aromatic rings. The summed E-state index contributed by atoms with van der Waals surface area (Å²) in [4.78, 5) is 11.9. The summed E-state index contributed by atoms with van der Waals surface area (Å²) in [7, 11) is 1.65. The molecule has 0 saturated carbocycles. The smallest absolute Gasteiger partial charge is 0.308 e. The number of ether oxygens (including phenoxy) is 3. The number of nitrogens with one attached hydrogen (secondary N) is 1. The Hall–Kier alpha value is -2.05. The van der Waals surface area contributed by atoms with Gasteiger partial charge in [0.05, 0.1) is 25.0 Å². The Labute approximate surface area is 153 Å². The second kappa shape index (κ2) is 6.59. The van der Waals surface area contributed by atoms with Crippen LogP contribution in [0.5, 0.6) is 11.5 Å². The van der Waals surface area contributed by atoms with Crippen LogP contribution in [0.3, 0.4) is 0 Å². The number of carbonyl (C=O) groups is 1. The van der Waals surface area contributed by atoms with Gasteiger partial charge in [-0.2, -0.15) is 0 Å². The normalized spacial score (nSPS) is 29.8. The van der Waals surface area contributed by atoms with Crippen molar-refractivity contribution in [3.8, 4) is 11.5 Å². The predicted molar refractivity (Wildman–Crippen MR) is 95.3 cm³/mol. The van der Waals surface area contributed by atoms with Crippen molar-refractivity contribution >= 4 is 5.97 Å². The summed E-state index contributed by atoms with van der Waals surface area (Å²) < 4.78 is 17.4. The van der Waals surface area contributed by atoms with Crippen LogP contribution in [0.4, 0.5) is 0 Å². The first-order chi connectivity index (χ1) is 12.5. The highest BCUT2D eigenvalue weighted by Crippen LogP contribution is 2.55. The van der Waals surface area contributed by atoms with Crippen LogP contribution in [0.15, 0.2) is 24.3 Å². The molecule has 4 rings (SSSR count). The number of esters is 1. The van der Waals surface area contributed by atoms with Gasteiger partial charge in [0, 0.05) is 18.5 Å². The summed E-state index contributed by atoms with van der Waals surface area (Å²) in [5.74, 6) is 1.18. The van der Waals surface area contributed by atoms with Crippen LogP contribution < -0.4 is 14.8 Å². The lowest BCUT2D eigenvalue weighted by molar-refractivity contribution is -0.150. The number of aliphatic hydroxyl groups excluding tert-OH is 1. The monoisotopic (exact) mass is 359 g/mol. The van der Waals surface area contributed by atoms with Gasteiger partial charge in [0.2, 0.25) is 0 Å². The molecule has 6 heteroatoms. The molecular weight excluding hydrogens is 334 g/mol. The van der Waals surface area contributed by atoms with Gasteiger partial charge in [-0.05, 0) is 37.6 Å². The molecule has 3 aliphatic rings. The van der Waals surface area contributed by atoms with Gasteiger partial charge >= 0.3 is 5.97 Å². The number of aliphatic hydroxyl groups is 1. The van der Waals surface area contributed by atoms with Crippen molar-refractivity contribution in [2.24, 2.45) is 0 Å². The van der Waals surface area contributed by atoms with E-state index in [4.69, 9.17) is 14.2 Å². The third-order valence-corrected chi connectivity index (χ3v) is 5.56. The van der Waals surface area contributed by atoms with Gasteiger partial charge in [0.1, 0.15) is 12.2 Å². The number of hydrogen-bond acceptors (Lipinski definition) is 6. The molecule has 0 radical (unpaired) electrons.